The molecule has 0 radical (unpaired) electrons. The highest BCUT2D eigenvalue weighted by molar-refractivity contribution is 7.86. The van der Waals surface area contributed by atoms with E-state index in [0.29, 0.717) is 0 Å². The SMILES string of the molecule is NCCN(CCO)S(N)(=O)=O. The minimum Gasteiger partial charge on any atom is -0.395 e. The van der Waals surface area contributed by atoms with Gasteiger partial charge < -0.3 is 10.8 Å². The second-order valence-corrected chi connectivity index (χ2v) is 3.50. The number of nitrogens with two attached hydrogens (primary N) is 2. The zero-order valence-electron chi connectivity index (χ0n) is 6.10. The molecular formula is C4H13N3O3S. The molecule has 0 saturated carbocycles. The molecule has 0 unspecified atom stereocenters. The predicted octanol–water partition coefficient (Wildman–Crippen LogP) is -2.56. The molecule has 0 atom stereocenters. The van der Waals surface area contributed by atoms with Crippen molar-refractivity contribution in [3.63, 3.8) is 0 Å². The Bertz CT molecular complexity index is 185. The van der Waals surface area contributed by atoms with Crippen molar-refractivity contribution in [2.45, 2.75) is 0 Å². The molecule has 5 N–H and O–H groups in total. The number of aliphatic hydroxyl groups is 1. The van der Waals surface area contributed by atoms with E-state index >= 15 is 0 Å². The molecule has 0 aliphatic carbocycles. The average molecular weight is 183 g/mol. The zero-order valence-corrected chi connectivity index (χ0v) is 6.92. The maximum atomic E-state index is 10.6. The highest BCUT2D eigenvalue weighted by atomic mass is 32.2. The van der Waals surface area contributed by atoms with Gasteiger partial charge in [0.2, 0.25) is 0 Å². The van der Waals surface area contributed by atoms with E-state index in [4.69, 9.17) is 16.0 Å². The first kappa shape index (κ1) is 10.8. The van der Waals surface area contributed by atoms with Crippen LogP contribution in [-0.4, -0.2) is 44.1 Å². The topological polar surface area (TPSA) is 110 Å². The van der Waals surface area contributed by atoms with E-state index in [1.807, 2.05) is 0 Å². The molecule has 0 heterocycles. The lowest BCUT2D eigenvalue weighted by atomic mass is 10.6. The summed E-state index contributed by atoms with van der Waals surface area (Å²) in [4.78, 5) is 0. The van der Waals surface area contributed by atoms with E-state index in [0.717, 1.165) is 4.31 Å². The predicted molar refractivity (Wildman–Crippen MR) is 40.8 cm³/mol. The minimum absolute atomic E-state index is 0.00394. The maximum Gasteiger partial charge on any atom is 0.277 e. The maximum absolute atomic E-state index is 10.6. The van der Waals surface area contributed by atoms with Gasteiger partial charge >= 0.3 is 0 Å². The third-order valence-electron chi connectivity index (χ3n) is 1.09. The van der Waals surface area contributed by atoms with Crippen LogP contribution in [0, 0.1) is 0 Å². The van der Waals surface area contributed by atoms with Crippen LogP contribution in [0.15, 0.2) is 0 Å². The molecule has 0 fully saturated rings. The van der Waals surface area contributed by atoms with Crippen LogP contribution in [0.25, 0.3) is 0 Å². The van der Waals surface area contributed by atoms with E-state index in [9.17, 15) is 8.42 Å². The first-order valence-corrected chi connectivity index (χ1v) is 4.61. The van der Waals surface area contributed by atoms with Gasteiger partial charge in [-0.15, -0.1) is 0 Å². The summed E-state index contributed by atoms with van der Waals surface area (Å²) in [5.41, 5.74) is 5.11. The second-order valence-electron chi connectivity index (χ2n) is 1.96. The summed E-state index contributed by atoms with van der Waals surface area (Å²) < 4.78 is 22.2. The quantitative estimate of drug-likeness (QED) is 0.435. The molecule has 0 aliphatic heterocycles. The van der Waals surface area contributed by atoms with Crippen LogP contribution in [0.2, 0.25) is 0 Å². The third-order valence-corrected chi connectivity index (χ3v) is 2.17. The second kappa shape index (κ2) is 4.62. The summed E-state index contributed by atoms with van der Waals surface area (Å²) in [5.74, 6) is 0. The highest BCUT2D eigenvalue weighted by Crippen LogP contribution is 1.90. The molecule has 0 amide bonds. The van der Waals surface area contributed by atoms with Gasteiger partial charge in [-0.3, -0.25) is 0 Å². The molecule has 68 valence electrons. The number of aliphatic hydroxyl groups excluding tert-OH is 1. The fraction of sp³-hybridized carbons (Fsp3) is 1.00. The van der Waals surface area contributed by atoms with Crippen molar-refractivity contribution >= 4 is 10.2 Å². The molecule has 0 aromatic heterocycles. The number of nitrogens with zero attached hydrogens (tertiary/aromatic N) is 1. The Morgan fingerprint density at radius 1 is 1.36 bits per heavy atom. The molecular weight excluding hydrogens is 170 g/mol. The van der Waals surface area contributed by atoms with Gasteiger partial charge in [0.05, 0.1) is 6.61 Å². The Labute approximate surface area is 66.0 Å². The zero-order chi connectivity index (χ0) is 8.91. The van der Waals surface area contributed by atoms with Crippen LogP contribution < -0.4 is 10.9 Å². The van der Waals surface area contributed by atoms with Crippen LogP contribution in [-0.2, 0) is 10.2 Å². The largest absolute Gasteiger partial charge is 0.395 e. The van der Waals surface area contributed by atoms with Crippen LogP contribution in [0.4, 0.5) is 0 Å². The van der Waals surface area contributed by atoms with Crippen molar-refractivity contribution in [2.75, 3.05) is 26.2 Å². The monoisotopic (exact) mass is 183 g/mol. The smallest absolute Gasteiger partial charge is 0.277 e. The van der Waals surface area contributed by atoms with Crippen molar-refractivity contribution in [1.82, 2.24) is 4.31 Å². The first-order chi connectivity index (χ1) is 5.02. The summed E-state index contributed by atoms with van der Waals surface area (Å²) in [7, 11) is -3.70. The third kappa shape index (κ3) is 4.27. The fourth-order valence-corrected chi connectivity index (χ4v) is 1.32. The lowest BCUT2D eigenvalue weighted by Crippen LogP contribution is -2.41. The summed E-state index contributed by atoms with van der Waals surface area (Å²) in [5, 5.41) is 13.2. The van der Waals surface area contributed by atoms with E-state index in [1.54, 1.807) is 0 Å². The fourth-order valence-electron chi connectivity index (χ4n) is 0.622. The Morgan fingerprint density at radius 3 is 2.18 bits per heavy atom. The van der Waals surface area contributed by atoms with Crippen molar-refractivity contribution in [3.8, 4) is 0 Å². The van der Waals surface area contributed by atoms with Crippen LogP contribution >= 0.6 is 0 Å². The Balaban J connectivity index is 4.11. The van der Waals surface area contributed by atoms with E-state index < -0.39 is 10.2 Å². The number of rotatable bonds is 5. The number of hydrogen-bond donors (Lipinski definition) is 3. The summed E-state index contributed by atoms with van der Waals surface area (Å²) in [6, 6.07) is 0. The Hall–Kier alpha value is -0.210. The molecule has 0 rings (SSSR count). The molecule has 11 heavy (non-hydrogen) atoms. The van der Waals surface area contributed by atoms with E-state index in [2.05, 4.69) is 0 Å². The van der Waals surface area contributed by atoms with Crippen LogP contribution in [0.5, 0.6) is 0 Å². The Morgan fingerprint density at radius 2 is 1.91 bits per heavy atom. The van der Waals surface area contributed by atoms with Crippen molar-refractivity contribution < 1.29 is 13.5 Å². The lowest BCUT2D eigenvalue weighted by Gasteiger charge is -2.16. The van der Waals surface area contributed by atoms with Crippen molar-refractivity contribution in [1.29, 1.82) is 0 Å². The van der Waals surface area contributed by atoms with Gasteiger partial charge in [-0.2, -0.15) is 12.7 Å². The van der Waals surface area contributed by atoms with Gasteiger partial charge in [-0.1, -0.05) is 0 Å². The van der Waals surface area contributed by atoms with Crippen molar-refractivity contribution in [2.24, 2.45) is 10.9 Å². The molecule has 0 spiro atoms. The standard InChI is InChI=1S/C4H13N3O3S/c5-1-2-7(3-4-8)11(6,9)10/h8H,1-5H2,(H2,6,9,10). The molecule has 0 aliphatic rings. The minimum atomic E-state index is -3.70. The van der Waals surface area contributed by atoms with E-state index in [-0.39, 0.29) is 26.2 Å². The van der Waals surface area contributed by atoms with Gasteiger partial charge in [0.25, 0.3) is 10.2 Å². The van der Waals surface area contributed by atoms with Crippen LogP contribution in [0.1, 0.15) is 0 Å². The molecule has 0 bridgehead atoms. The molecule has 0 aromatic rings. The molecule has 6 nitrogen and oxygen atoms in total. The van der Waals surface area contributed by atoms with Gasteiger partial charge in [0.15, 0.2) is 0 Å². The first-order valence-electron chi connectivity index (χ1n) is 3.11. The lowest BCUT2D eigenvalue weighted by molar-refractivity contribution is 0.255. The summed E-state index contributed by atoms with van der Waals surface area (Å²) >= 11 is 0. The highest BCUT2D eigenvalue weighted by Gasteiger charge is 2.14. The number of hydrogen-bond acceptors (Lipinski definition) is 4. The van der Waals surface area contributed by atoms with Gasteiger partial charge in [-0.05, 0) is 0 Å². The summed E-state index contributed by atoms with van der Waals surface area (Å²) in [6.07, 6.45) is 0. The average Bonchev–Trinajstić information content (AvgIpc) is 1.85. The molecule has 0 aromatic carbocycles. The van der Waals surface area contributed by atoms with Gasteiger partial charge in [0, 0.05) is 19.6 Å². The van der Waals surface area contributed by atoms with Gasteiger partial charge in [0.1, 0.15) is 0 Å². The molecule has 0 saturated heterocycles. The van der Waals surface area contributed by atoms with E-state index in [1.165, 1.54) is 0 Å². The van der Waals surface area contributed by atoms with Crippen molar-refractivity contribution in [3.05, 3.63) is 0 Å². The molecule has 7 heteroatoms. The normalized spacial score (nSPS) is 12.4. The van der Waals surface area contributed by atoms with Gasteiger partial charge in [-0.25, -0.2) is 5.14 Å². The summed E-state index contributed by atoms with van der Waals surface area (Å²) in [6.45, 7) is 0.0717. The van der Waals surface area contributed by atoms with Crippen LogP contribution in [0.3, 0.4) is 0 Å². The Kier molecular flexibility index (Phi) is 4.54.